The number of benzene rings is 1. The molecule has 0 aliphatic heterocycles. The van der Waals surface area contributed by atoms with Gasteiger partial charge in [-0.15, -0.1) is 0 Å². The highest BCUT2D eigenvalue weighted by atomic mass is 16.7. The molecule has 1 aromatic carbocycles. The van der Waals surface area contributed by atoms with Crippen LogP contribution in [0.15, 0.2) is 24.3 Å². The molecule has 0 aromatic heterocycles. The molecule has 114 valence electrons. The summed E-state index contributed by atoms with van der Waals surface area (Å²) in [5.41, 5.74) is 1.25. The van der Waals surface area contributed by atoms with Crippen molar-refractivity contribution < 1.29 is 18.9 Å². The number of ether oxygens (including phenoxy) is 4. The molecule has 4 nitrogen and oxygen atoms in total. The van der Waals surface area contributed by atoms with Gasteiger partial charge < -0.3 is 18.9 Å². The molecule has 0 N–H and O–H groups in total. The Morgan fingerprint density at radius 1 is 0.950 bits per heavy atom. The zero-order valence-electron chi connectivity index (χ0n) is 12.8. The maximum atomic E-state index is 5.70. The Balaban J connectivity index is 2.30. The quantitative estimate of drug-likeness (QED) is 0.585. The van der Waals surface area contributed by atoms with Crippen molar-refractivity contribution in [3.63, 3.8) is 0 Å². The van der Waals surface area contributed by atoms with Crippen molar-refractivity contribution in [2.24, 2.45) is 0 Å². The van der Waals surface area contributed by atoms with E-state index in [0.29, 0.717) is 19.8 Å². The number of hydrogen-bond donors (Lipinski definition) is 0. The molecule has 0 aliphatic carbocycles. The van der Waals surface area contributed by atoms with Gasteiger partial charge in [0.15, 0.2) is 6.29 Å². The van der Waals surface area contributed by atoms with Gasteiger partial charge in [-0.3, -0.25) is 0 Å². The fraction of sp³-hybridized carbons (Fsp3) is 0.625. The van der Waals surface area contributed by atoms with Crippen LogP contribution in [-0.2, 0) is 20.6 Å². The zero-order valence-corrected chi connectivity index (χ0v) is 12.8. The van der Waals surface area contributed by atoms with Crippen LogP contribution in [-0.4, -0.2) is 39.8 Å². The Bertz CT molecular complexity index is 331. The van der Waals surface area contributed by atoms with Crippen LogP contribution in [0, 0.1) is 0 Å². The molecule has 0 radical (unpaired) electrons. The van der Waals surface area contributed by atoms with Crippen LogP contribution in [0.3, 0.4) is 0 Å². The summed E-state index contributed by atoms with van der Waals surface area (Å²) < 4.78 is 21.7. The lowest BCUT2D eigenvalue weighted by atomic mass is 10.1. The molecule has 1 rings (SSSR count). The second kappa shape index (κ2) is 10.7. The summed E-state index contributed by atoms with van der Waals surface area (Å²) in [6, 6.07) is 8.11. The highest BCUT2D eigenvalue weighted by Gasteiger charge is 2.07. The number of rotatable bonds is 11. The first kappa shape index (κ1) is 17.0. The minimum atomic E-state index is -0.175. The van der Waals surface area contributed by atoms with Crippen molar-refractivity contribution in [1.82, 2.24) is 0 Å². The van der Waals surface area contributed by atoms with Gasteiger partial charge in [0.2, 0.25) is 0 Å². The van der Waals surface area contributed by atoms with Gasteiger partial charge in [0.05, 0.1) is 13.2 Å². The average Bonchev–Trinajstić information content (AvgIpc) is 2.47. The Morgan fingerprint density at radius 2 is 1.60 bits per heavy atom. The molecule has 0 fully saturated rings. The molecule has 0 spiro atoms. The molecule has 0 saturated heterocycles. The minimum absolute atomic E-state index is 0.175. The summed E-state index contributed by atoms with van der Waals surface area (Å²) in [4.78, 5) is 0. The van der Waals surface area contributed by atoms with Gasteiger partial charge in [0.25, 0.3) is 0 Å². The third-order valence-corrected chi connectivity index (χ3v) is 2.85. The fourth-order valence-corrected chi connectivity index (χ4v) is 1.83. The monoisotopic (exact) mass is 282 g/mol. The molecule has 0 saturated carbocycles. The maximum Gasteiger partial charge on any atom is 0.160 e. The van der Waals surface area contributed by atoms with E-state index in [4.69, 9.17) is 18.9 Å². The van der Waals surface area contributed by atoms with Crippen LogP contribution < -0.4 is 4.74 Å². The second-order valence-electron chi connectivity index (χ2n) is 4.36. The number of methoxy groups -OCH3 is 1. The molecule has 0 bridgehead atoms. The zero-order chi connectivity index (χ0) is 14.6. The predicted octanol–water partition coefficient (Wildman–Crippen LogP) is 3.04. The largest absolute Gasteiger partial charge is 0.493 e. The Morgan fingerprint density at radius 3 is 2.15 bits per heavy atom. The third kappa shape index (κ3) is 6.89. The smallest absolute Gasteiger partial charge is 0.160 e. The normalized spacial score (nSPS) is 11.0. The van der Waals surface area contributed by atoms with Crippen LogP contribution >= 0.6 is 0 Å². The van der Waals surface area contributed by atoms with E-state index in [0.717, 1.165) is 25.2 Å². The van der Waals surface area contributed by atoms with Crippen molar-refractivity contribution in [2.75, 3.05) is 33.5 Å². The topological polar surface area (TPSA) is 36.9 Å². The summed E-state index contributed by atoms with van der Waals surface area (Å²) >= 11 is 0. The van der Waals surface area contributed by atoms with Crippen LogP contribution in [0.4, 0.5) is 0 Å². The maximum absolute atomic E-state index is 5.70. The summed E-state index contributed by atoms with van der Waals surface area (Å²) in [5, 5.41) is 0. The molecule has 0 amide bonds. The van der Waals surface area contributed by atoms with E-state index < -0.39 is 0 Å². The lowest BCUT2D eigenvalue weighted by Gasteiger charge is -2.17. The molecule has 20 heavy (non-hydrogen) atoms. The van der Waals surface area contributed by atoms with Crippen molar-refractivity contribution in [2.45, 2.75) is 33.0 Å². The van der Waals surface area contributed by atoms with E-state index >= 15 is 0 Å². The van der Waals surface area contributed by atoms with E-state index in [2.05, 4.69) is 12.1 Å². The summed E-state index contributed by atoms with van der Waals surface area (Å²) in [5.74, 6) is 0.873. The Labute approximate surface area is 122 Å². The lowest BCUT2D eigenvalue weighted by molar-refractivity contribution is -0.142. The molecule has 0 atom stereocenters. The van der Waals surface area contributed by atoms with E-state index in [1.165, 1.54) is 5.56 Å². The molecule has 0 heterocycles. The van der Waals surface area contributed by atoms with Crippen LogP contribution in [0.5, 0.6) is 5.75 Å². The first-order valence-corrected chi connectivity index (χ1v) is 7.24. The van der Waals surface area contributed by atoms with Crippen molar-refractivity contribution in [1.29, 1.82) is 0 Å². The van der Waals surface area contributed by atoms with Crippen molar-refractivity contribution in [3.05, 3.63) is 29.8 Å². The summed E-state index contributed by atoms with van der Waals surface area (Å²) in [7, 11) is 1.71. The molecule has 1 aromatic rings. The lowest BCUT2D eigenvalue weighted by Crippen LogP contribution is -2.20. The van der Waals surface area contributed by atoms with Gasteiger partial charge in [0.1, 0.15) is 5.75 Å². The summed E-state index contributed by atoms with van der Waals surface area (Å²) in [6.45, 7) is 6.56. The van der Waals surface area contributed by atoms with E-state index in [1.54, 1.807) is 7.11 Å². The first-order chi connectivity index (χ1) is 9.80. The molecule has 0 unspecified atom stereocenters. The van der Waals surface area contributed by atoms with Gasteiger partial charge in [-0.2, -0.15) is 0 Å². The first-order valence-electron chi connectivity index (χ1n) is 7.24. The highest BCUT2D eigenvalue weighted by Crippen LogP contribution is 2.13. The Hall–Kier alpha value is -1.10. The average molecular weight is 282 g/mol. The van der Waals surface area contributed by atoms with Crippen LogP contribution in [0.25, 0.3) is 0 Å². The molecule has 4 heteroatoms. The standard InChI is InChI=1S/C16H26O4/c1-4-18-16(19-5-2)11-13-20-15-8-6-14(7-9-15)10-12-17-3/h6-9,16H,4-5,10-13H2,1-3H3. The molecule has 0 aliphatic rings. The van der Waals surface area contributed by atoms with Crippen LogP contribution in [0.1, 0.15) is 25.8 Å². The van der Waals surface area contributed by atoms with Gasteiger partial charge in [-0.1, -0.05) is 12.1 Å². The Kier molecular flexibility index (Phi) is 9.04. The van der Waals surface area contributed by atoms with Gasteiger partial charge >= 0.3 is 0 Å². The number of hydrogen-bond acceptors (Lipinski definition) is 4. The highest BCUT2D eigenvalue weighted by molar-refractivity contribution is 5.27. The molecular weight excluding hydrogens is 256 g/mol. The van der Waals surface area contributed by atoms with E-state index in [-0.39, 0.29) is 6.29 Å². The van der Waals surface area contributed by atoms with Crippen LogP contribution in [0.2, 0.25) is 0 Å². The predicted molar refractivity (Wildman–Crippen MR) is 79.2 cm³/mol. The van der Waals surface area contributed by atoms with E-state index in [9.17, 15) is 0 Å². The van der Waals surface area contributed by atoms with Crippen molar-refractivity contribution >= 4 is 0 Å². The van der Waals surface area contributed by atoms with E-state index in [1.807, 2.05) is 26.0 Å². The fourth-order valence-electron chi connectivity index (χ4n) is 1.83. The van der Waals surface area contributed by atoms with Gasteiger partial charge in [-0.05, 0) is 38.0 Å². The molecular formula is C16H26O4. The third-order valence-electron chi connectivity index (χ3n) is 2.85. The minimum Gasteiger partial charge on any atom is -0.493 e. The van der Waals surface area contributed by atoms with Crippen molar-refractivity contribution in [3.8, 4) is 5.75 Å². The van der Waals surface area contributed by atoms with Gasteiger partial charge in [-0.25, -0.2) is 0 Å². The SMILES string of the molecule is CCOC(CCOc1ccc(CCOC)cc1)OCC. The summed E-state index contributed by atoms with van der Waals surface area (Å²) in [6.07, 6.45) is 1.48. The second-order valence-corrected chi connectivity index (χ2v) is 4.36. The van der Waals surface area contributed by atoms with Gasteiger partial charge in [0, 0.05) is 26.7 Å².